The summed E-state index contributed by atoms with van der Waals surface area (Å²) in [5.41, 5.74) is 7.69. The summed E-state index contributed by atoms with van der Waals surface area (Å²) in [7, 11) is 2.09. The van der Waals surface area contributed by atoms with Crippen molar-refractivity contribution in [3.8, 4) is 5.75 Å². The molecule has 0 aliphatic rings. The summed E-state index contributed by atoms with van der Waals surface area (Å²) in [6.45, 7) is 2.53. The Bertz CT molecular complexity index is 483. The number of nitrogen functional groups attached to an aromatic ring is 1. The van der Waals surface area contributed by atoms with E-state index in [0.717, 1.165) is 25.3 Å². The van der Waals surface area contributed by atoms with Gasteiger partial charge in [0.05, 0.1) is 24.8 Å². The zero-order valence-electron chi connectivity index (χ0n) is 11.2. The van der Waals surface area contributed by atoms with Gasteiger partial charge < -0.3 is 19.8 Å². The molecule has 4 nitrogen and oxygen atoms in total. The molecule has 0 saturated heterocycles. The van der Waals surface area contributed by atoms with Crippen LogP contribution in [0.5, 0.6) is 5.75 Å². The first-order valence-corrected chi connectivity index (χ1v) is 6.42. The van der Waals surface area contributed by atoms with Crippen molar-refractivity contribution in [3.63, 3.8) is 0 Å². The molecular weight excluding hydrogens is 240 g/mol. The average Bonchev–Trinajstić information content (AvgIpc) is 2.89. The Morgan fingerprint density at radius 3 is 2.84 bits per heavy atom. The van der Waals surface area contributed by atoms with E-state index in [2.05, 4.69) is 11.9 Å². The van der Waals surface area contributed by atoms with E-state index in [1.165, 1.54) is 5.56 Å². The molecular formula is C15H20N2O2. The summed E-state index contributed by atoms with van der Waals surface area (Å²) in [6.07, 6.45) is 4.44. The smallest absolute Gasteiger partial charge is 0.142 e. The summed E-state index contributed by atoms with van der Waals surface area (Å²) in [4.78, 5) is 2.24. The minimum absolute atomic E-state index is 0.671. The third-order valence-corrected chi connectivity index (χ3v) is 2.89. The molecule has 0 aliphatic heterocycles. The number of ether oxygens (including phenoxy) is 1. The number of nitrogens with two attached hydrogens (primary N) is 1. The monoisotopic (exact) mass is 260 g/mol. The predicted molar refractivity (Wildman–Crippen MR) is 76.0 cm³/mol. The predicted octanol–water partition coefficient (Wildman–Crippen LogP) is 2.76. The maximum atomic E-state index is 5.81. The first-order valence-electron chi connectivity index (χ1n) is 6.42. The minimum atomic E-state index is 0.671. The van der Waals surface area contributed by atoms with Crippen LogP contribution >= 0.6 is 0 Å². The van der Waals surface area contributed by atoms with Gasteiger partial charge in [-0.15, -0.1) is 0 Å². The van der Waals surface area contributed by atoms with Gasteiger partial charge in [-0.05, 0) is 31.7 Å². The lowest BCUT2D eigenvalue weighted by Gasteiger charge is -2.15. The van der Waals surface area contributed by atoms with E-state index >= 15 is 0 Å². The van der Waals surface area contributed by atoms with Crippen molar-refractivity contribution < 1.29 is 9.15 Å². The Morgan fingerprint density at radius 1 is 1.26 bits per heavy atom. The summed E-state index contributed by atoms with van der Waals surface area (Å²) in [6, 6.07) is 9.56. The first kappa shape index (κ1) is 13.5. The minimum Gasteiger partial charge on any atom is -0.491 e. The highest BCUT2D eigenvalue weighted by molar-refractivity contribution is 5.51. The van der Waals surface area contributed by atoms with Gasteiger partial charge in [0, 0.05) is 18.7 Å². The molecule has 0 fully saturated rings. The third kappa shape index (κ3) is 4.34. The Labute approximate surface area is 113 Å². The number of benzene rings is 1. The Hall–Kier alpha value is -1.94. The van der Waals surface area contributed by atoms with Gasteiger partial charge in [0.1, 0.15) is 5.75 Å². The second-order valence-corrected chi connectivity index (χ2v) is 4.61. The van der Waals surface area contributed by atoms with Crippen LogP contribution in [0.3, 0.4) is 0 Å². The fourth-order valence-electron chi connectivity index (χ4n) is 1.90. The summed E-state index contributed by atoms with van der Waals surface area (Å²) >= 11 is 0. The zero-order valence-corrected chi connectivity index (χ0v) is 11.2. The van der Waals surface area contributed by atoms with Gasteiger partial charge in [0.25, 0.3) is 0 Å². The van der Waals surface area contributed by atoms with Crippen LogP contribution in [-0.4, -0.2) is 25.1 Å². The zero-order chi connectivity index (χ0) is 13.5. The number of para-hydroxylation sites is 2. The van der Waals surface area contributed by atoms with Crippen LogP contribution < -0.4 is 10.5 Å². The summed E-state index contributed by atoms with van der Waals surface area (Å²) in [5, 5.41) is 0. The van der Waals surface area contributed by atoms with Crippen molar-refractivity contribution in [2.24, 2.45) is 0 Å². The molecule has 2 aromatic rings. The Morgan fingerprint density at radius 2 is 2.11 bits per heavy atom. The molecule has 0 bridgehead atoms. The molecule has 102 valence electrons. The fraction of sp³-hybridized carbons (Fsp3) is 0.333. The quantitative estimate of drug-likeness (QED) is 0.614. The number of hydrogen-bond acceptors (Lipinski definition) is 4. The number of anilines is 1. The molecule has 0 spiro atoms. The normalized spacial score (nSPS) is 10.8. The molecule has 1 aromatic carbocycles. The molecule has 4 heteroatoms. The van der Waals surface area contributed by atoms with E-state index in [0.29, 0.717) is 12.3 Å². The van der Waals surface area contributed by atoms with Gasteiger partial charge in [0.2, 0.25) is 0 Å². The number of nitrogens with zero attached hydrogens (tertiary/aromatic N) is 1. The highest BCUT2D eigenvalue weighted by Crippen LogP contribution is 2.19. The van der Waals surface area contributed by atoms with E-state index in [1.807, 2.05) is 30.3 Å². The van der Waals surface area contributed by atoms with Gasteiger partial charge in [-0.1, -0.05) is 12.1 Å². The van der Waals surface area contributed by atoms with Crippen LogP contribution in [-0.2, 0) is 6.54 Å². The van der Waals surface area contributed by atoms with Crippen LogP contribution in [0, 0.1) is 0 Å². The SMILES string of the molecule is CN(CCCOc1ccccc1N)Cc1ccoc1. The molecule has 1 aromatic heterocycles. The van der Waals surface area contributed by atoms with Crippen molar-refractivity contribution in [1.29, 1.82) is 0 Å². The molecule has 2 rings (SSSR count). The Kier molecular flexibility index (Phi) is 4.86. The van der Waals surface area contributed by atoms with E-state index in [-0.39, 0.29) is 0 Å². The highest BCUT2D eigenvalue weighted by Gasteiger charge is 2.02. The van der Waals surface area contributed by atoms with Crippen LogP contribution in [0.15, 0.2) is 47.3 Å². The van der Waals surface area contributed by atoms with Gasteiger partial charge >= 0.3 is 0 Å². The summed E-state index contributed by atoms with van der Waals surface area (Å²) in [5.74, 6) is 0.764. The van der Waals surface area contributed by atoms with Crippen LogP contribution in [0.25, 0.3) is 0 Å². The van der Waals surface area contributed by atoms with Gasteiger partial charge in [-0.25, -0.2) is 0 Å². The van der Waals surface area contributed by atoms with E-state index in [9.17, 15) is 0 Å². The molecule has 0 aliphatic carbocycles. The van der Waals surface area contributed by atoms with Gasteiger partial charge in [-0.3, -0.25) is 0 Å². The second kappa shape index (κ2) is 6.85. The maximum absolute atomic E-state index is 5.81. The molecule has 0 unspecified atom stereocenters. The molecule has 2 N–H and O–H groups in total. The molecule has 0 atom stereocenters. The lowest BCUT2D eigenvalue weighted by Crippen LogP contribution is -2.20. The molecule has 0 amide bonds. The van der Waals surface area contributed by atoms with Crippen molar-refractivity contribution in [2.45, 2.75) is 13.0 Å². The number of hydrogen-bond donors (Lipinski definition) is 1. The van der Waals surface area contributed by atoms with E-state index in [1.54, 1.807) is 12.5 Å². The molecule has 19 heavy (non-hydrogen) atoms. The van der Waals surface area contributed by atoms with Crippen molar-refractivity contribution in [1.82, 2.24) is 4.90 Å². The second-order valence-electron chi connectivity index (χ2n) is 4.61. The lowest BCUT2D eigenvalue weighted by atomic mass is 10.3. The summed E-state index contributed by atoms with van der Waals surface area (Å²) < 4.78 is 10.7. The molecule has 0 saturated carbocycles. The average molecular weight is 260 g/mol. The van der Waals surface area contributed by atoms with Crippen molar-refractivity contribution in [2.75, 3.05) is 25.9 Å². The van der Waals surface area contributed by atoms with E-state index in [4.69, 9.17) is 14.9 Å². The van der Waals surface area contributed by atoms with Gasteiger partial charge in [0.15, 0.2) is 0 Å². The van der Waals surface area contributed by atoms with Gasteiger partial charge in [-0.2, -0.15) is 0 Å². The molecule has 1 heterocycles. The largest absolute Gasteiger partial charge is 0.491 e. The standard InChI is InChI=1S/C15H20N2O2/c1-17(11-13-7-10-18-12-13)8-4-9-19-15-6-3-2-5-14(15)16/h2-3,5-7,10,12H,4,8-9,11,16H2,1H3. The third-order valence-electron chi connectivity index (χ3n) is 2.89. The van der Waals surface area contributed by atoms with Crippen molar-refractivity contribution >= 4 is 5.69 Å². The van der Waals surface area contributed by atoms with Crippen LogP contribution in [0.2, 0.25) is 0 Å². The number of rotatable bonds is 7. The highest BCUT2D eigenvalue weighted by atomic mass is 16.5. The fourth-order valence-corrected chi connectivity index (χ4v) is 1.90. The van der Waals surface area contributed by atoms with Crippen molar-refractivity contribution in [3.05, 3.63) is 48.4 Å². The van der Waals surface area contributed by atoms with Crippen LogP contribution in [0.1, 0.15) is 12.0 Å². The topological polar surface area (TPSA) is 51.6 Å². The maximum Gasteiger partial charge on any atom is 0.142 e. The Balaban J connectivity index is 1.65. The number of furan rings is 1. The molecule has 0 radical (unpaired) electrons. The van der Waals surface area contributed by atoms with E-state index < -0.39 is 0 Å². The van der Waals surface area contributed by atoms with Crippen LogP contribution in [0.4, 0.5) is 5.69 Å². The first-order chi connectivity index (χ1) is 9.25. The lowest BCUT2D eigenvalue weighted by molar-refractivity contribution is 0.259.